The van der Waals surface area contributed by atoms with E-state index in [1.807, 2.05) is 27.7 Å². The number of carbonyl (C=O) groups is 11. The summed E-state index contributed by atoms with van der Waals surface area (Å²) in [7, 11) is 7.22. The number of aryl methyl sites for hydroxylation is 1. The van der Waals surface area contributed by atoms with E-state index in [-0.39, 0.29) is 76.3 Å². The Labute approximate surface area is 553 Å². The summed E-state index contributed by atoms with van der Waals surface area (Å²) >= 11 is 6.12. The van der Waals surface area contributed by atoms with Crippen molar-refractivity contribution in [2.45, 2.75) is 231 Å². The molecule has 0 radical (unpaired) electrons. The van der Waals surface area contributed by atoms with Crippen molar-refractivity contribution in [3.8, 4) is 0 Å². The van der Waals surface area contributed by atoms with Crippen LogP contribution in [0, 0.1) is 23.7 Å². The molecule has 0 unspecified atom stereocenters. The molecule has 11 amide bonds. The molecule has 522 valence electrons. The Morgan fingerprint density at radius 2 is 1.32 bits per heavy atom. The Balaban J connectivity index is 1.57. The molecule has 1 spiro atoms. The second-order valence-corrected chi connectivity index (χ2v) is 27.9. The van der Waals surface area contributed by atoms with Crippen LogP contribution in [0.15, 0.2) is 18.2 Å². The van der Waals surface area contributed by atoms with Crippen molar-refractivity contribution in [2.24, 2.45) is 23.7 Å². The summed E-state index contributed by atoms with van der Waals surface area (Å²) in [5.41, 5.74) is -2.25. The van der Waals surface area contributed by atoms with E-state index in [4.69, 9.17) is 11.6 Å². The third kappa shape index (κ3) is 20.7. The summed E-state index contributed by atoms with van der Waals surface area (Å²) in [6.45, 7) is 13.2. The number of hydrogen-bond acceptors (Lipinski definition) is 11. The van der Waals surface area contributed by atoms with Crippen LogP contribution in [-0.2, 0) is 65.3 Å². The Hall–Kier alpha value is -6.53. The number of carbonyl (C=O) groups excluding carboxylic acids is 11. The van der Waals surface area contributed by atoms with Crippen molar-refractivity contribution in [3.05, 3.63) is 34.3 Å². The number of benzene rings is 1. The number of halogens is 4. The number of alkyl halides is 3. The zero-order valence-corrected chi connectivity index (χ0v) is 57.9. The van der Waals surface area contributed by atoms with Crippen LogP contribution in [0.3, 0.4) is 0 Å². The van der Waals surface area contributed by atoms with Crippen LogP contribution in [0.5, 0.6) is 0 Å². The van der Waals surface area contributed by atoms with Crippen LogP contribution < -0.4 is 21.3 Å². The zero-order chi connectivity index (χ0) is 69.4. The fraction of sp³-hybridized carbons (Fsp3) is 0.746. The van der Waals surface area contributed by atoms with E-state index < -0.39 is 161 Å². The zero-order valence-electron chi connectivity index (χ0n) is 57.2. The van der Waals surface area contributed by atoms with Gasteiger partial charge >= 0.3 is 6.18 Å². The number of rotatable bonds is 13. The summed E-state index contributed by atoms with van der Waals surface area (Å²) in [5, 5.41) is 11.1. The molecular weight excluding hydrogens is 1230 g/mol. The number of nitrogens with zero attached hydrogens (tertiary/aromatic N) is 7. The van der Waals surface area contributed by atoms with Crippen LogP contribution >= 0.6 is 11.6 Å². The number of nitrogens with one attached hydrogen (secondary N) is 4. The van der Waals surface area contributed by atoms with Gasteiger partial charge in [-0.25, -0.2) is 0 Å². The number of likely N-dealkylation sites (N-methyl/N-ethyl adjacent to an activating group) is 5. The van der Waals surface area contributed by atoms with Gasteiger partial charge in [-0.1, -0.05) is 124 Å². The summed E-state index contributed by atoms with van der Waals surface area (Å²) in [6.07, 6.45) is 3.23. The summed E-state index contributed by atoms with van der Waals surface area (Å²) in [5.74, 6) is -7.66. The van der Waals surface area contributed by atoms with Crippen molar-refractivity contribution < 1.29 is 65.9 Å². The van der Waals surface area contributed by atoms with E-state index in [0.717, 1.165) is 49.1 Å². The average Bonchev–Trinajstić information content (AvgIpc) is 1.74. The van der Waals surface area contributed by atoms with Crippen molar-refractivity contribution >= 4 is 76.6 Å². The fourth-order valence-electron chi connectivity index (χ4n) is 13.5. The molecule has 2 saturated carbocycles. The minimum absolute atomic E-state index is 0.0324. The lowest BCUT2D eigenvalue weighted by Crippen LogP contribution is -2.64. The molecule has 0 aromatic heterocycles. The first-order valence-corrected chi connectivity index (χ1v) is 34.0. The van der Waals surface area contributed by atoms with Crippen LogP contribution in [0.1, 0.15) is 182 Å². The van der Waals surface area contributed by atoms with Crippen molar-refractivity contribution in [1.82, 2.24) is 55.6 Å². The lowest BCUT2D eigenvalue weighted by atomic mass is 9.84. The molecule has 26 heteroatoms. The molecule has 0 bridgehead atoms. The number of fused-ring (bicyclic) bond motifs is 1. The Bertz CT molecular complexity index is 2810. The molecule has 5 rings (SSSR count). The monoisotopic (exact) mass is 1330 g/mol. The van der Waals surface area contributed by atoms with Crippen LogP contribution in [0.2, 0.25) is 5.02 Å². The molecule has 8 atom stereocenters. The molecule has 93 heavy (non-hydrogen) atoms. The van der Waals surface area contributed by atoms with Gasteiger partial charge in [-0.05, 0) is 106 Å². The van der Waals surface area contributed by atoms with Crippen molar-refractivity contribution in [2.75, 3.05) is 68.0 Å². The SMILES string of the molecule is CCCCN1CC(=O)N(C)CC(=O)N(C)[C@@H](CC2CCCCC2)C(=O)N(C)CC(=O)N[C@@H](CCc2ccc(C(F)(F)F)c(Cl)c2)C(=O)N2CCC[C@H]2C(=O)NC2(CCCC2)C(=O)N(C)[C@@H](C(C)C)C(=O)N[C@H](C)CC(=O)N(C)[C@@H](CC(C)C)C(=O)N[C@@H]([C@@H](C)CC)C1=O. The topological polar surface area (TPSA) is 259 Å². The van der Waals surface area contributed by atoms with Crippen molar-refractivity contribution in [3.63, 3.8) is 0 Å². The molecule has 1 aromatic carbocycles. The van der Waals surface area contributed by atoms with Gasteiger partial charge in [0.25, 0.3) is 0 Å². The van der Waals surface area contributed by atoms with E-state index in [1.54, 1.807) is 27.7 Å². The number of amides is 11. The van der Waals surface area contributed by atoms with Gasteiger partial charge in [0.1, 0.15) is 41.8 Å². The van der Waals surface area contributed by atoms with Gasteiger partial charge in [0.15, 0.2) is 0 Å². The largest absolute Gasteiger partial charge is 0.417 e. The fourth-order valence-corrected chi connectivity index (χ4v) is 13.8. The Kier molecular flexibility index (Phi) is 28.8. The van der Waals surface area contributed by atoms with E-state index in [2.05, 4.69) is 21.3 Å². The summed E-state index contributed by atoms with van der Waals surface area (Å²) in [4.78, 5) is 170. The number of hydrogen-bond donors (Lipinski definition) is 4. The predicted octanol–water partition coefficient (Wildman–Crippen LogP) is 6.33. The highest BCUT2D eigenvalue weighted by Gasteiger charge is 2.50. The first-order valence-electron chi connectivity index (χ1n) is 33.6. The highest BCUT2D eigenvalue weighted by atomic mass is 35.5. The van der Waals surface area contributed by atoms with Gasteiger partial charge in [0.05, 0.1) is 30.2 Å². The minimum Gasteiger partial charge on any atom is -0.351 e. The maximum Gasteiger partial charge on any atom is 0.417 e. The standard InChI is InChI=1S/C67H105ClF3N11O11/c1-14-16-32-81-40-55(85)76(9)39-56(86)79(12)52(37-45-23-18-17-19-24-45)63(91)77(10)38-53(83)73-49(29-27-46-26-28-47(48(68)36-46)67(69,70)71)62(90)82-33-22-25-50(82)60(88)75-66(30-20-21-31-66)65(93)80(13)58(42(5)6)61(89)72-44(8)35-54(84)78(11)51(34-41(3)4)59(87)74-57(64(81)92)43(7)15-2/h26,28,36,41-45,49-52,57-58H,14-25,27,29-35,37-40H2,1-13H3,(H,72,89)(H,73,83)(H,74,87)(H,75,88)/t43-,44+,49-,50-,51-,52-,57-,58-/m0/s1. The molecular formula is C67H105ClF3N11O11. The quantitative estimate of drug-likeness (QED) is 0.170. The molecule has 2 saturated heterocycles. The molecule has 1 aromatic rings. The van der Waals surface area contributed by atoms with Gasteiger partial charge in [-0.3, -0.25) is 52.7 Å². The second-order valence-electron chi connectivity index (χ2n) is 27.5. The van der Waals surface area contributed by atoms with Gasteiger partial charge in [0.2, 0.25) is 65.0 Å². The van der Waals surface area contributed by atoms with Gasteiger partial charge in [0, 0.05) is 60.8 Å². The first kappa shape index (κ1) is 77.2. The first-order chi connectivity index (χ1) is 43.7. The molecule has 2 aliphatic heterocycles. The molecule has 4 fully saturated rings. The molecule has 4 aliphatic rings. The normalized spacial score (nSPS) is 25.9. The summed E-state index contributed by atoms with van der Waals surface area (Å²) < 4.78 is 41.4. The maximum atomic E-state index is 15.0. The van der Waals surface area contributed by atoms with Crippen molar-refractivity contribution in [1.29, 1.82) is 0 Å². The Morgan fingerprint density at radius 3 is 1.91 bits per heavy atom. The van der Waals surface area contributed by atoms with E-state index in [1.165, 1.54) is 70.7 Å². The molecule has 2 heterocycles. The second kappa shape index (κ2) is 34.8. The average molecular weight is 1330 g/mol. The van der Waals surface area contributed by atoms with Crippen LogP contribution in [0.4, 0.5) is 13.2 Å². The minimum atomic E-state index is -4.74. The number of unbranched alkanes of at least 4 members (excludes halogenated alkanes) is 1. The molecule has 2 aliphatic carbocycles. The van der Waals surface area contributed by atoms with E-state index in [9.17, 15) is 56.3 Å². The third-order valence-electron chi connectivity index (χ3n) is 19.3. The van der Waals surface area contributed by atoms with E-state index >= 15 is 9.59 Å². The smallest absolute Gasteiger partial charge is 0.351 e. The van der Waals surface area contributed by atoms with Crippen LogP contribution in [0.25, 0.3) is 0 Å². The Morgan fingerprint density at radius 1 is 0.677 bits per heavy atom. The summed E-state index contributed by atoms with van der Waals surface area (Å²) in [6, 6.07) is -4.58. The predicted molar refractivity (Wildman–Crippen MR) is 346 cm³/mol. The van der Waals surface area contributed by atoms with Gasteiger partial charge in [-0.2, -0.15) is 13.2 Å². The molecule has 4 N–H and O–H groups in total. The van der Waals surface area contributed by atoms with E-state index in [0.29, 0.717) is 44.1 Å². The lowest BCUT2D eigenvalue weighted by molar-refractivity contribution is -0.149. The highest BCUT2D eigenvalue weighted by Crippen LogP contribution is 2.37. The van der Waals surface area contributed by atoms with Gasteiger partial charge < -0.3 is 55.6 Å². The highest BCUT2D eigenvalue weighted by molar-refractivity contribution is 6.31. The van der Waals surface area contributed by atoms with Crippen LogP contribution in [-0.4, -0.2) is 215 Å². The van der Waals surface area contributed by atoms with Gasteiger partial charge in [-0.15, -0.1) is 0 Å². The maximum absolute atomic E-state index is 15.0. The third-order valence-corrected chi connectivity index (χ3v) is 19.6. The molecule has 22 nitrogen and oxygen atoms in total. The lowest BCUT2D eigenvalue weighted by Gasteiger charge is -2.39.